The maximum absolute atomic E-state index is 10.7. The zero-order chi connectivity index (χ0) is 11.7. The van der Waals surface area contributed by atoms with E-state index in [-0.39, 0.29) is 11.9 Å². The van der Waals surface area contributed by atoms with Crippen molar-refractivity contribution in [2.24, 2.45) is 12.8 Å². The van der Waals surface area contributed by atoms with Gasteiger partial charge in [0.2, 0.25) is 0 Å². The molecular weight excluding hydrogens is 210 g/mol. The topological polar surface area (TPSA) is 90.2 Å². The van der Waals surface area contributed by atoms with Crippen LogP contribution in [0.1, 0.15) is 12.8 Å². The monoisotopic (exact) mass is 225 g/mol. The molecule has 7 nitrogen and oxygen atoms in total. The molecule has 0 amide bonds. The highest BCUT2D eigenvalue weighted by Gasteiger charge is 2.25. The number of aromatic nitrogens is 2. The number of piperidine rings is 1. The third-order valence-corrected chi connectivity index (χ3v) is 2.95. The maximum atomic E-state index is 10.7. The number of rotatable bonds is 2. The zero-order valence-electron chi connectivity index (χ0n) is 9.17. The molecule has 1 aliphatic heterocycles. The molecule has 16 heavy (non-hydrogen) atoms. The van der Waals surface area contributed by atoms with Gasteiger partial charge in [-0.1, -0.05) is 0 Å². The van der Waals surface area contributed by atoms with E-state index in [4.69, 9.17) is 5.73 Å². The summed E-state index contributed by atoms with van der Waals surface area (Å²) in [5, 5.41) is 10.7. The summed E-state index contributed by atoms with van der Waals surface area (Å²) in [7, 11) is 1.66. The van der Waals surface area contributed by atoms with Gasteiger partial charge in [0.25, 0.3) is 5.95 Å². The summed E-state index contributed by atoms with van der Waals surface area (Å²) in [6.07, 6.45) is 3.10. The summed E-state index contributed by atoms with van der Waals surface area (Å²) in [5.41, 5.74) is 5.80. The fraction of sp³-hybridized carbons (Fsp3) is 0.667. The van der Waals surface area contributed by atoms with Crippen LogP contribution < -0.4 is 10.6 Å². The minimum Gasteiger partial charge on any atom is -0.358 e. The first kappa shape index (κ1) is 10.9. The standard InChI is InChI=1S/C9H15N5O2/c1-12-8(14(15)16)6-11-9(12)13-4-2-7(10)3-5-13/h6-7H,2-5,10H2,1H3. The van der Waals surface area contributed by atoms with Crippen molar-refractivity contribution < 1.29 is 4.92 Å². The molecule has 0 saturated carbocycles. The molecule has 1 aromatic heterocycles. The lowest BCUT2D eigenvalue weighted by molar-refractivity contribution is -0.391. The van der Waals surface area contributed by atoms with Gasteiger partial charge in [-0.15, -0.1) is 0 Å². The number of imidazole rings is 1. The second kappa shape index (κ2) is 4.09. The zero-order valence-corrected chi connectivity index (χ0v) is 9.17. The molecule has 0 bridgehead atoms. The van der Waals surface area contributed by atoms with Gasteiger partial charge < -0.3 is 20.7 Å². The Morgan fingerprint density at radius 1 is 1.56 bits per heavy atom. The molecule has 0 unspecified atom stereocenters. The van der Waals surface area contributed by atoms with Crippen molar-refractivity contribution in [3.8, 4) is 0 Å². The van der Waals surface area contributed by atoms with E-state index < -0.39 is 4.92 Å². The van der Waals surface area contributed by atoms with Crippen LogP contribution in [-0.2, 0) is 7.05 Å². The van der Waals surface area contributed by atoms with Crippen molar-refractivity contribution in [2.45, 2.75) is 18.9 Å². The Kier molecular flexibility index (Phi) is 2.78. The van der Waals surface area contributed by atoms with Crippen molar-refractivity contribution in [2.75, 3.05) is 18.0 Å². The number of nitro groups is 1. The van der Waals surface area contributed by atoms with E-state index in [0.717, 1.165) is 25.9 Å². The first-order chi connectivity index (χ1) is 7.59. The van der Waals surface area contributed by atoms with Gasteiger partial charge in [-0.2, -0.15) is 9.55 Å². The van der Waals surface area contributed by atoms with Crippen LogP contribution in [-0.4, -0.2) is 33.6 Å². The molecule has 88 valence electrons. The van der Waals surface area contributed by atoms with Crippen molar-refractivity contribution in [3.05, 3.63) is 16.3 Å². The van der Waals surface area contributed by atoms with Gasteiger partial charge in [0.05, 0.1) is 7.05 Å². The second-order valence-corrected chi connectivity index (χ2v) is 4.06. The van der Waals surface area contributed by atoms with E-state index in [1.165, 1.54) is 10.8 Å². The van der Waals surface area contributed by atoms with Crippen LogP contribution in [0.25, 0.3) is 0 Å². The summed E-state index contributed by atoms with van der Waals surface area (Å²) in [6.45, 7) is 1.62. The van der Waals surface area contributed by atoms with Crippen LogP contribution in [0.15, 0.2) is 6.20 Å². The fourth-order valence-corrected chi connectivity index (χ4v) is 1.95. The molecule has 0 radical (unpaired) electrons. The number of anilines is 1. The third-order valence-electron chi connectivity index (χ3n) is 2.95. The summed E-state index contributed by atoms with van der Waals surface area (Å²) in [5.74, 6) is 0.670. The van der Waals surface area contributed by atoms with Gasteiger partial charge in [-0.25, -0.2) is 0 Å². The Hall–Kier alpha value is -1.63. The largest absolute Gasteiger partial charge is 0.358 e. The highest BCUT2D eigenvalue weighted by molar-refractivity contribution is 5.38. The predicted molar refractivity (Wildman–Crippen MR) is 59.3 cm³/mol. The molecule has 0 atom stereocenters. The highest BCUT2D eigenvalue weighted by atomic mass is 16.6. The number of hydrogen-bond donors (Lipinski definition) is 1. The van der Waals surface area contributed by atoms with Crippen molar-refractivity contribution in [1.29, 1.82) is 0 Å². The third kappa shape index (κ3) is 1.85. The lowest BCUT2D eigenvalue weighted by atomic mass is 10.1. The lowest BCUT2D eigenvalue weighted by Crippen LogP contribution is -2.40. The number of hydrogen-bond acceptors (Lipinski definition) is 5. The highest BCUT2D eigenvalue weighted by Crippen LogP contribution is 2.22. The predicted octanol–water partition coefficient (Wildman–Crippen LogP) is 0.256. The summed E-state index contributed by atoms with van der Waals surface area (Å²) >= 11 is 0. The normalized spacial score (nSPS) is 17.8. The Balaban J connectivity index is 2.18. The van der Waals surface area contributed by atoms with Crippen LogP contribution in [0.5, 0.6) is 0 Å². The lowest BCUT2D eigenvalue weighted by Gasteiger charge is -2.28. The summed E-state index contributed by atoms with van der Waals surface area (Å²) in [6, 6.07) is 0.242. The molecule has 7 heteroatoms. The van der Waals surface area contributed by atoms with Gasteiger partial charge in [-0.05, 0) is 17.8 Å². The molecule has 1 aromatic rings. The fourth-order valence-electron chi connectivity index (χ4n) is 1.95. The van der Waals surface area contributed by atoms with Crippen molar-refractivity contribution >= 4 is 11.8 Å². The first-order valence-corrected chi connectivity index (χ1v) is 5.26. The number of nitrogens with two attached hydrogens (primary N) is 1. The van der Waals surface area contributed by atoms with E-state index >= 15 is 0 Å². The van der Waals surface area contributed by atoms with E-state index in [2.05, 4.69) is 4.98 Å². The van der Waals surface area contributed by atoms with Crippen LogP contribution in [0.3, 0.4) is 0 Å². The molecule has 1 aliphatic rings. The van der Waals surface area contributed by atoms with E-state index in [0.29, 0.717) is 5.95 Å². The molecule has 0 aromatic carbocycles. The van der Waals surface area contributed by atoms with Crippen molar-refractivity contribution in [1.82, 2.24) is 9.55 Å². The SMILES string of the molecule is Cn1c([N+](=O)[O-])cnc1N1CCC(N)CC1. The Morgan fingerprint density at radius 2 is 2.19 bits per heavy atom. The van der Waals surface area contributed by atoms with Crippen LogP contribution >= 0.6 is 0 Å². The molecule has 0 aliphatic carbocycles. The van der Waals surface area contributed by atoms with Crippen LogP contribution in [0, 0.1) is 10.1 Å². The maximum Gasteiger partial charge on any atom is 0.344 e. The van der Waals surface area contributed by atoms with E-state index in [9.17, 15) is 10.1 Å². The quantitative estimate of drug-likeness (QED) is 0.575. The average Bonchev–Trinajstić information content (AvgIpc) is 2.61. The average molecular weight is 225 g/mol. The van der Waals surface area contributed by atoms with E-state index in [1.807, 2.05) is 4.90 Å². The molecule has 1 saturated heterocycles. The second-order valence-electron chi connectivity index (χ2n) is 4.06. The molecule has 2 rings (SSSR count). The van der Waals surface area contributed by atoms with Gasteiger partial charge in [0.15, 0.2) is 0 Å². The van der Waals surface area contributed by atoms with Gasteiger partial charge >= 0.3 is 5.82 Å². The summed E-state index contributed by atoms with van der Waals surface area (Å²) in [4.78, 5) is 16.4. The summed E-state index contributed by atoms with van der Waals surface area (Å²) < 4.78 is 1.51. The molecule has 0 spiro atoms. The first-order valence-electron chi connectivity index (χ1n) is 5.26. The van der Waals surface area contributed by atoms with Gasteiger partial charge in [0.1, 0.15) is 6.20 Å². The van der Waals surface area contributed by atoms with E-state index in [1.54, 1.807) is 7.05 Å². The van der Waals surface area contributed by atoms with Crippen molar-refractivity contribution in [3.63, 3.8) is 0 Å². The van der Waals surface area contributed by atoms with Gasteiger partial charge in [0, 0.05) is 19.1 Å². The Bertz CT molecular complexity index is 395. The molecule has 2 N–H and O–H groups in total. The smallest absolute Gasteiger partial charge is 0.344 e. The molecule has 1 fully saturated rings. The number of nitrogens with zero attached hydrogens (tertiary/aromatic N) is 4. The Labute approximate surface area is 93.0 Å². The minimum atomic E-state index is -0.424. The van der Waals surface area contributed by atoms with Gasteiger partial charge in [-0.3, -0.25) is 0 Å². The van der Waals surface area contributed by atoms with Crippen LogP contribution in [0.2, 0.25) is 0 Å². The molecular formula is C9H15N5O2. The Morgan fingerprint density at radius 3 is 2.69 bits per heavy atom. The molecule has 2 heterocycles. The minimum absolute atomic E-state index is 0.0184. The van der Waals surface area contributed by atoms with Crippen LogP contribution in [0.4, 0.5) is 11.8 Å².